The predicted octanol–water partition coefficient (Wildman–Crippen LogP) is 4.46. The normalized spacial score (nSPS) is 14.9. The molecule has 0 unspecified atom stereocenters. The Balaban J connectivity index is 1.63. The average Bonchev–Trinajstić information content (AvgIpc) is 3.56. The van der Waals surface area contributed by atoms with Crippen LogP contribution in [0, 0.1) is 17.6 Å². The van der Waals surface area contributed by atoms with Crippen LogP contribution in [0.3, 0.4) is 0 Å². The van der Waals surface area contributed by atoms with Crippen molar-refractivity contribution in [2.45, 2.75) is 38.5 Å². The van der Waals surface area contributed by atoms with Crippen LogP contribution in [0.25, 0.3) is 11.5 Å². The number of rotatable bonds is 11. The van der Waals surface area contributed by atoms with E-state index in [4.69, 9.17) is 20.6 Å². The summed E-state index contributed by atoms with van der Waals surface area (Å²) >= 11 is 0. The third kappa shape index (κ3) is 6.38. The van der Waals surface area contributed by atoms with Crippen molar-refractivity contribution in [1.82, 2.24) is 10.3 Å². The van der Waals surface area contributed by atoms with E-state index in [0.29, 0.717) is 24.2 Å². The molecule has 2 aromatic carbocycles. The summed E-state index contributed by atoms with van der Waals surface area (Å²) in [5.74, 6) is -2.08. The lowest BCUT2D eigenvalue weighted by atomic mass is 10.1. The Labute approximate surface area is 209 Å². The Morgan fingerprint density at radius 3 is 2.57 bits per heavy atom. The Bertz CT molecular complexity index is 1260. The van der Waals surface area contributed by atoms with Crippen LogP contribution < -0.4 is 26.3 Å². The van der Waals surface area contributed by atoms with Crippen LogP contribution in [0.2, 0.25) is 0 Å². The van der Waals surface area contributed by atoms with Crippen molar-refractivity contribution < 1.29 is 36.2 Å². The summed E-state index contributed by atoms with van der Waals surface area (Å²) in [5, 5.41) is 2.57. The van der Waals surface area contributed by atoms with Crippen LogP contribution in [0.4, 0.5) is 17.6 Å². The highest BCUT2D eigenvalue weighted by Gasteiger charge is 2.27. The standard InChI is InChI=1S/C25H26F4N4O4/c1-12(31)22-21(23(34)32-18(10-30)16-6-5-15(26)9-17(16)27)33-24(37-22)14-4-7-19(36-25(28)29)20(8-14)35-11-13-2-3-13/h4-9,12-13,18,25H,2-3,10-11,30-31H2,1H3,(H,32,34)/t12-,18-/m0/s1. The van der Waals surface area contributed by atoms with Crippen molar-refractivity contribution in [3.63, 3.8) is 0 Å². The van der Waals surface area contributed by atoms with E-state index in [1.54, 1.807) is 6.92 Å². The van der Waals surface area contributed by atoms with E-state index in [-0.39, 0.29) is 41.0 Å². The molecule has 0 bridgehead atoms. The van der Waals surface area contributed by atoms with Crippen molar-refractivity contribution >= 4 is 5.91 Å². The molecule has 5 N–H and O–H groups in total. The molecule has 0 spiro atoms. The first-order valence-corrected chi connectivity index (χ1v) is 11.6. The maximum absolute atomic E-state index is 14.3. The fraction of sp³-hybridized carbons (Fsp3) is 0.360. The van der Waals surface area contributed by atoms with Crippen molar-refractivity contribution in [1.29, 1.82) is 0 Å². The summed E-state index contributed by atoms with van der Waals surface area (Å²) in [4.78, 5) is 17.4. The minimum atomic E-state index is -3.04. The topological polar surface area (TPSA) is 126 Å². The van der Waals surface area contributed by atoms with E-state index in [1.165, 1.54) is 24.3 Å². The SMILES string of the molecule is C[C@H](N)c1oc(-c2ccc(OC(F)F)c(OCC3CC3)c2)nc1C(=O)N[C@@H](CN)c1ccc(F)cc1F. The van der Waals surface area contributed by atoms with Gasteiger partial charge < -0.3 is 30.7 Å². The molecule has 0 aliphatic heterocycles. The average molecular weight is 522 g/mol. The molecular formula is C25H26F4N4O4. The zero-order valence-electron chi connectivity index (χ0n) is 19.8. The van der Waals surface area contributed by atoms with Gasteiger partial charge in [-0.2, -0.15) is 8.78 Å². The van der Waals surface area contributed by atoms with Gasteiger partial charge in [-0.3, -0.25) is 4.79 Å². The fourth-order valence-corrected chi connectivity index (χ4v) is 3.64. The van der Waals surface area contributed by atoms with E-state index >= 15 is 0 Å². The predicted molar refractivity (Wildman–Crippen MR) is 125 cm³/mol. The van der Waals surface area contributed by atoms with Crippen LogP contribution in [0.5, 0.6) is 11.5 Å². The first kappa shape index (κ1) is 26.4. The molecule has 0 saturated heterocycles. The summed E-state index contributed by atoms with van der Waals surface area (Å²) in [5.41, 5.74) is 11.9. The van der Waals surface area contributed by atoms with Gasteiger partial charge in [0.25, 0.3) is 5.91 Å². The number of ether oxygens (including phenoxy) is 2. The van der Waals surface area contributed by atoms with Crippen molar-refractivity contribution in [3.05, 3.63) is 65.1 Å². The van der Waals surface area contributed by atoms with Crippen molar-refractivity contribution in [2.24, 2.45) is 17.4 Å². The van der Waals surface area contributed by atoms with Crippen LogP contribution in [-0.4, -0.2) is 30.7 Å². The molecule has 0 radical (unpaired) electrons. The third-order valence-corrected chi connectivity index (χ3v) is 5.74. The number of benzene rings is 2. The number of carbonyl (C=O) groups is 1. The van der Waals surface area contributed by atoms with Crippen LogP contribution in [-0.2, 0) is 0 Å². The Hall–Kier alpha value is -3.64. The van der Waals surface area contributed by atoms with E-state index in [0.717, 1.165) is 18.9 Å². The second-order valence-corrected chi connectivity index (χ2v) is 8.74. The van der Waals surface area contributed by atoms with E-state index in [1.807, 2.05) is 0 Å². The second-order valence-electron chi connectivity index (χ2n) is 8.74. The highest BCUT2D eigenvalue weighted by molar-refractivity contribution is 5.94. The quantitative estimate of drug-likeness (QED) is 0.318. The lowest BCUT2D eigenvalue weighted by molar-refractivity contribution is -0.0515. The van der Waals surface area contributed by atoms with Gasteiger partial charge in [0.2, 0.25) is 5.89 Å². The maximum Gasteiger partial charge on any atom is 0.387 e. The fourth-order valence-electron chi connectivity index (χ4n) is 3.64. The van der Waals surface area contributed by atoms with Crippen molar-refractivity contribution in [2.75, 3.05) is 13.2 Å². The number of amides is 1. The smallest absolute Gasteiger partial charge is 0.387 e. The van der Waals surface area contributed by atoms with Gasteiger partial charge in [-0.25, -0.2) is 13.8 Å². The van der Waals surface area contributed by atoms with Gasteiger partial charge in [-0.15, -0.1) is 0 Å². The van der Waals surface area contributed by atoms with Crippen LogP contribution in [0.15, 0.2) is 40.8 Å². The number of nitrogens with zero attached hydrogens (tertiary/aromatic N) is 1. The van der Waals surface area contributed by atoms with E-state index in [9.17, 15) is 22.4 Å². The monoisotopic (exact) mass is 522 g/mol. The molecule has 1 aliphatic carbocycles. The Morgan fingerprint density at radius 2 is 1.95 bits per heavy atom. The minimum absolute atomic E-state index is 0.00427. The largest absolute Gasteiger partial charge is 0.489 e. The molecule has 1 fully saturated rings. The number of nitrogens with two attached hydrogens (primary N) is 2. The first-order valence-electron chi connectivity index (χ1n) is 11.6. The van der Waals surface area contributed by atoms with E-state index < -0.39 is 36.2 Å². The van der Waals surface area contributed by atoms with Crippen LogP contribution in [0.1, 0.15) is 53.7 Å². The molecule has 1 aromatic heterocycles. The molecule has 37 heavy (non-hydrogen) atoms. The molecule has 12 heteroatoms. The first-order chi connectivity index (χ1) is 17.7. The molecule has 1 aliphatic rings. The van der Waals surface area contributed by atoms with Gasteiger partial charge in [-0.05, 0) is 49.9 Å². The number of oxazole rings is 1. The summed E-state index contributed by atoms with van der Waals surface area (Å²) in [6, 6.07) is 5.34. The second kappa shape index (κ2) is 11.2. The van der Waals surface area contributed by atoms with Crippen LogP contribution >= 0.6 is 0 Å². The molecule has 1 saturated carbocycles. The molecule has 1 heterocycles. The number of carbonyl (C=O) groups excluding carboxylic acids is 1. The zero-order chi connectivity index (χ0) is 26.7. The Morgan fingerprint density at radius 1 is 1.19 bits per heavy atom. The highest BCUT2D eigenvalue weighted by atomic mass is 19.3. The van der Waals surface area contributed by atoms with Gasteiger partial charge in [-0.1, -0.05) is 6.07 Å². The van der Waals surface area contributed by atoms with Gasteiger partial charge in [0.15, 0.2) is 23.0 Å². The summed E-state index contributed by atoms with van der Waals surface area (Å²) < 4.78 is 69.3. The molecule has 3 aromatic rings. The van der Waals surface area contributed by atoms with E-state index in [2.05, 4.69) is 15.0 Å². The van der Waals surface area contributed by atoms with Crippen molar-refractivity contribution in [3.8, 4) is 23.0 Å². The molecule has 4 rings (SSSR count). The number of alkyl halides is 2. The van der Waals surface area contributed by atoms with Gasteiger partial charge in [0, 0.05) is 23.7 Å². The summed E-state index contributed by atoms with van der Waals surface area (Å²) in [7, 11) is 0. The number of halogens is 4. The lowest BCUT2D eigenvalue weighted by Gasteiger charge is -2.17. The van der Waals surface area contributed by atoms with Gasteiger partial charge in [0.1, 0.15) is 11.6 Å². The number of hydrogen-bond acceptors (Lipinski definition) is 7. The Kier molecular flexibility index (Phi) is 7.98. The maximum atomic E-state index is 14.3. The minimum Gasteiger partial charge on any atom is -0.489 e. The molecule has 8 nitrogen and oxygen atoms in total. The molecule has 198 valence electrons. The molecule has 2 atom stereocenters. The number of aromatic nitrogens is 1. The highest BCUT2D eigenvalue weighted by Crippen LogP contribution is 2.37. The zero-order valence-corrected chi connectivity index (χ0v) is 19.8. The van der Waals surface area contributed by atoms with Gasteiger partial charge in [0.05, 0.1) is 18.7 Å². The van der Waals surface area contributed by atoms with Gasteiger partial charge >= 0.3 is 6.61 Å². The summed E-state index contributed by atoms with van der Waals surface area (Å²) in [6.07, 6.45) is 1.98. The molecular weight excluding hydrogens is 496 g/mol. The summed E-state index contributed by atoms with van der Waals surface area (Å²) in [6.45, 7) is -1.31. The number of nitrogens with one attached hydrogen (secondary N) is 1. The number of hydrogen-bond donors (Lipinski definition) is 3. The lowest BCUT2D eigenvalue weighted by Crippen LogP contribution is -2.35. The molecule has 1 amide bonds. The third-order valence-electron chi connectivity index (χ3n) is 5.74.